The molecule has 0 saturated heterocycles. The third-order valence-electron chi connectivity index (χ3n) is 3.10. The molecule has 100 valence electrons. The fourth-order valence-corrected chi connectivity index (χ4v) is 1.81. The molecule has 2 rings (SSSR count). The molecule has 4 nitrogen and oxygen atoms in total. The Morgan fingerprint density at radius 2 is 2.33 bits per heavy atom. The second-order valence-electron chi connectivity index (χ2n) is 4.73. The van der Waals surface area contributed by atoms with Gasteiger partial charge in [-0.15, -0.1) is 0 Å². The molecule has 0 atom stereocenters. The number of rotatable bonds is 7. The zero-order chi connectivity index (χ0) is 13.0. The van der Waals surface area contributed by atoms with Crippen molar-refractivity contribution in [2.24, 2.45) is 5.92 Å². The average Bonchev–Trinajstić information content (AvgIpc) is 3.19. The van der Waals surface area contributed by atoms with Crippen LogP contribution in [-0.2, 0) is 11.3 Å². The molecular formula is C13H19ClN2O2. The highest BCUT2D eigenvalue weighted by atomic mass is 35.5. The molecule has 0 amide bonds. The number of anilines is 1. The second-order valence-corrected chi connectivity index (χ2v) is 5.14. The summed E-state index contributed by atoms with van der Waals surface area (Å²) in [6.07, 6.45) is 4.20. The van der Waals surface area contributed by atoms with Crippen LogP contribution in [0, 0.1) is 5.92 Å². The van der Waals surface area contributed by atoms with Crippen LogP contribution in [-0.4, -0.2) is 36.9 Å². The van der Waals surface area contributed by atoms with Gasteiger partial charge in [0, 0.05) is 32.0 Å². The van der Waals surface area contributed by atoms with Gasteiger partial charge in [0.2, 0.25) is 0 Å². The van der Waals surface area contributed by atoms with Crippen molar-refractivity contribution < 1.29 is 9.84 Å². The highest BCUT2D eigenvalue weighted by Crippen LogP contribution is 2.28. The second kappa shape index (κ2) is 6.36. The number of likely N-dealkylation sites (N-methyl/N-ethyl adjacent to an activating group) is 1. The molecule has 0 aliphatic heterocycles. The van der Waals surface area contributed by atoms with Gasteiger partial charge < -0.3 is 14.7 Å². The van der Waals surface area contributed by atoms with Crippen LogP contribution >= 0.6 is 11.6 Å². The molecule has 18 heavy (non-hydrogen) atoms. The molecule has 1 aromatic heterocycles. The maximum atomic E-state index is 9.15. The number of ether oxygens (including phenoxy) is 1. The summed E-state index contributed by atoms with van der Waals surface area (Å²) in [6.45, 7) is 2.29. The highest BCUT2D eigenvalue weighted by molar-refractivity contribution is 6.31. The minimum atomic E-state index is -0.0691. The Morgan fingerprint density at radius 1 is 1.56 bits per heavy atom. The summed E-state index contributed by atoms with van der Waals surface area (Å²) in [7, 11) is 1.96. The summed E-state index contributed by atoms with van der Waals surface area (Å²) < 4.78 is 5.59. The van der Waals surface area contributed by atoms with E-state index in [9.17, 15) is 0 Å². The number of aliphatic hydroxyl groups is 1. The number of aliphatic hydroxyl groups excluding tert-OH is 1. The molecule has 5 heteroatoms. The van der Waals surface area contributed by atoms with Gasteiger partial charge in [0.15, 0.2) is 0 Å². The molecule has 1 heterocycles. The number of halogens is 1. The van der Waals surface area contributed by atoms with Crippen LogP contribution in [0.15, 0.2) is 12.3 Å². The first-order chi connectivity index (χ1) is 8.70. The van der Waals surface area contributed by atoms with Crippen molar-refractivity contribution in [3.8, 4) is 0 Å². The van der Waals surface area contributed by atoms with E-state index in [4.69, 9.17) is 21.4 Å². The smallest absolute Gasteiger partial charge is 0.128 e. The largest absolute Gasteiger partial charge is 0.392 e. The number of hydrogen-bond acceptors (Lipinski definition) is 4. The van der Waals surface area contributed by atoms with Crippen molar-refractivity contribution in [2.75, 3.05) is 31.7 Å². The lowest BCUT2D eigenvalue weighted by Gasteiger charge is -2.19. The quantitative estimate of drug-likeness (QED) is 0.771. The summed E-state index contributed by atoms with van der Waals surface area (Å²) in [4.78, 5) is 6.24. The van der Waals surface area contributed by atoms with Crippen LogP contribution in [0.5, 0.6) is 0 Å². The van der Waals surface area contributed by atoms with E-state index in [0.717, 1.165) is 24.9 Å². The first-order valence-corrected chi connectivity index (χ1v) is 6.62. The van der Waals surface area contributed by atoms with Crippen LogP contribution in [0.2, 0.25) is 5.02 Å². The van der Waals surface area contributed by atoms with Crippen molar-refractivity contribution in [1.82, 2.24) is 4.98 Å². The molecule has 1 N–H and O–H groups in total. The van der Waals surface area contributed by atoms with Gasteiger partial charge >= 0.3 is 0 Å². The maximum Gasteiger partial charge on any atom is 0.128 e. The van der Waals surface area contributed by atoms with Gasteiger partial charge in [-0.3, -0.25) is 0 Å². The normalized spacial score (nSPS) is 14.8. The first-order valence-electron chi connectivity index (χ1n) is 6.25. The van der Waals surface area contributed by atoms with Crippen LogP contribution in [0.4, 0.5) is 5.82 Å². The minimum absolute atomic E-state index is 0.0691. The van der Waals surface area contributed by atoms with Crippen molar-refractivity contribution >= 4 is 17.4 Å². The molecule has 0 unspecified atom stereocenters. The lowest BCUT2D eigenvalue weighted by molar-refractivity contribution is 0.131. The molecule has 0 bridgehead atoms. The number of pyridine rings is 1. The number of aromatic nitrogens is 1. The zero-order valence-corrected chi connectivity index (χ0v) is 11.4. The fourth-order valence-electron chi connectivity index (χ4n) is 1.65. The average molecular weight is 271 g/mol. The summed E-state index contributed by atoms with van der Waals surface area (Å²) in [6, 6.07) is 1.81. The van der Waals surface area contributed by atoms with E-state index in [-0.39, 0.29) is 6.61 Å². The van der Waals surface area contributed by atoms with Crippen LogP contribution < -0.4 is 4.90 Å². The van der Waals surface area contributed by atoms with Crippen LogP contribution in [0.3, 0.4) is 0 Å². The Kier molecular flexibility index (Phi) is 4.80. The molecule has 1 fully saturated rings. The first kappa shape index (κ1) is 13.6. The van der Waals surface area contributed by atoms with Crippen molar-refractivity contribution in [1.29, 1.82) is 0 Å². The van der Waals surface area contributed by atoms with E-state index in [0.29, 0.717) is 17.2 Å². The topological polar surface area (TPSA) is 45.6 Å². The molecule has 0 spiro atoms. The third-order valence-corrected chi connectivity index (χ3v) is 3.44. The Labute approximate surface area is 113 Å². The van der Waals surface area contributed by atoms with Gasteiger partial charge in [-0.2, -0.15) is 0 Å². The SMILES string of the molecule is CN(CCOCC1CC1)c1cc(CO)c(Cl)cn1. The van der Waals surface area contributed by atoms with Gasteiger partial charge in [0.25, 0.3) is 0 Å². The Balaban J connectivity index is 1.81. The zero-order valence-electron chi connectivity index (χ0n) is 10.6. The fraction of sp³-hybridized carbons (Fsp3) is 0.615. The van der Waals surface area contributed by atoms with Gasteiger partial charge in [0.05, 0.1) is 18.2 Å². The number of hydrogen-bond donors (Lipinski definition) is 1. The lowest BCUT2D eigenvalue weighted by Crippen LogP contribution is -2.24. The highest BCUT2D eigenvalue weighted by Gasteiger charge is 2.21. The predicted molar refractivity (Wildman–Crippen MR) is 72.0 cm³/mol. The Hall–Kier alpha value is -0.840. The van der Waals surface area contributed by atoms with Crippen LogP contribution in [0.25, 0.3) is 0 Å². The molecule has 1 aliphatic carbocycles. The lowest BCUT2D eigenvalue weighted by atomic mass is 10.2. The van der Waals surface area contributed by atoms with Crippen molar-refractivity contribution in [3.63, 3.8) is 0 Å². The van der Waals surface area contributed by atoms with Crippen molar-refractivity contribution in [2.45, 2.75) is 19.4 Å². The van der Waals surface area contributed by atoms with E-state index in [1.165, 1.54) is 12.8 Å². The number of nitrogens with zero attached hydrogens (tertiary/aromatic N) is 2. The molecular weight excluding hydrogens is 252 g/mol. The molecule has 1 aliphatic rings. The maximum absolute atomic E-state index is 9.15. The van der Waals surface area contributed by atoms with Crippen molar-refractivity contribution in [3.05, 3.63) is 22.8 Å². The molecule has 1 saturated carbocycles. The van der Waals surface area contributed by atoms with E-state index in [1.807, 2.05) is 18.0 Å². The third kappa shape index (κ3) is 3.83. The monoisotopic (exact) mass is 270 g/mol. The van der Waals surface area contributed by atoms with E-state index >= 15 is 0 Å². The van der Waals surface area contributed by atoms with E-state index < -0.39 is 0 Å². The summed E-state index contributed by atoms with van der Waals surface area (Å²) >= 11 is 5.90. The minimum Gasteiger partial charge on any atom is -0.392 e. The summed E-state index contributed by atoms with van der Waals surface area (Å²) in [5.74, 6) is 1.60. The van der Waals surface area contributed by atoms with Crippen LogP contribution in [0.1, 0.15) is 18.4 Å². The predicted octanol–water partition coefficient (Wildman–Crippen LogP) is 2.09. The molecule has 1 aromatic rings. The van der Waals surface area contributed by atoms with Gasteiger partial charge in [-0.25, -0.2) is 4.98 Å². The Bertz CT molecular complexity index is 397. The standard InChI is InChI=1S/C13H19ClN2O2/c1-16(4-5-18-9-10-2-3-10)13-6-11(8-17)12(14)7-15-13/h6-7,10,17H,2-5,8-9H2,1H3. The molecule has 0 aromatic carbocycles. The van der Waals surface area contributed by atoms with Gasteiger partial charge in [-0.05, 0) is 24.8 Å². The Morgan fingerprint density at radius 3 is 3.00 bits per heavy atom. The van der Waals surface area contributed by atoms with E-state index in [2.05, 4.69) is 4.98 Å². The molecule has 0 radical (unpaired) electrons. The van der Waals surface area contributed by atoms with E-state index in [1.54, 1.807) is 6.20 Å². The summed E-state index contributed by atoms with van der Waals surface area (Å²) in [5.41, 5.74) is 0.701. The summed E-state index contributed by atoms with van der Waals surface area (Å²) in [5, 5.41) is 9.65. The van der Waals surface area contributed by atoms with Gasteiger partial charge in [0.1, 0.15) is 5.82 Å². The van der Waals surface area contributed by atoms with Gasteiger partial charge in [-0.1, -0.05) is 11.6 Å².